The molecule has 1 amide bonds. The zero-order valence-electron chi connectivity index (χ0n) is 15.8. The van der Waals surface area contributed by atoms with Gasteiger partial charge in [-0.15, -0.1) is 0 Å². The van der Waals surface area contributed by atoms with Crippen molar-refractivity contribution in [3.8, 4) is 0 Å². The largest absolute Gasteiger partial charge is 0.355 e. The number of hydrogen-bond donors (Lipinski definition) is 0. The lowest BCUT2D eigenvalue weighted by Gasteiger charge is -2.48. The van der Waals surface area contributed by atoms with E-state index in [4.69, 9.17) is 0 Å². The number of nitrogens with zero attached hydrogens (tertiary/aromatic N) is 5. The number of anilines is 1. The summed E-state index contributed by atoms with van der Waals surface area (Å²) < 4.78 is 0. The van der Waals surface area contributed by atoms with E-state index in [0.717, 1.165) is 49.6 Å². The van der Waals surface area contributed by atoms with Gasteiger partial charge in [-0.2, -0.15) is 0 Å². The molecular formula is C18H29N5O. The molecule has 2 aliphatic heterocycles. The molecule has 0 radical (unpaired) electrons. The Kier molecular flexibility index (Phi) is 4.28. The van der Waals surface area contributed by atoms with E-state index in [0.29, 0.717) is 11.9 Å². The van der Waals surface area contributed by atoms with Crippen molar-refractivity contribution in [3.63, 3.8) is 0 Å². The number of hydrogen-bond acceptors (Lipinski definition) is 5. The summed E-state index contributed by atoms with van der Waals surface area (Å²) in [5, 5.41) is 0. The van der Waals surface area contributed by atoms with E-state index < -0.39 is 0 Å². The maximum atomic E-state index is 12.8. The van der Waals surface area contributed by atoms with Gasteiger partial charge < -0.3 is 14.7 Å². The summed E-state index contributed by atoms with van der Waals surface area (Å²) in [5.74, 6) is 1.22. The van der Waals surface area contributed by atoms with Gasteiger partial charge in [-0.3, -0.25) is 4.79 Å². The SMILES string of the molecule is Cc1nc(C(=O)N2CCC2(C)C)nc(N2CC[C@@H](N(C)C)C2)c1C. The van der Waals surface area contributed by atoms with Gasteiger partial charge >= 0.3 is 0 Å². The Labute approximate surface area is 144 Å². The average Bonchev–Trinajstić information content (AvgIpc) is 2.98. The Morgan fingerprint density at radius 3 is 2.42 bits per heavy atom. The van der Waals surface area contributed by atoms with E-state index in [2.05, 4.69) is 54.6 Å². The first-order chi connectivity index (χ1) is 11.2. The van der Waals surface area contributed by atoms with Crippen LogP contribution in [0.2, 0.25) is 0 Å². The van der Waals surface area contributed by atoms with Crippen molar-refractivity contribution < 1.29 is 4.79 Å². The summed E-state index contributed by atoms with van der Waals surface area (Å²) >= 11 is 0. The maximum Gasteiger partial charge on any atom is 0.292 e. The van der Waals surface area contributed by atoms with Gasteiger partial charge in [-0.1, -0.05) is 0 Å². The molecule has 3 rings (SSSR count). The number of likely N-dealkylation sites (tertiary alicyclic amines) is 1. The second-order valence-corrected chi connectivity index (χ2v) is 7.95. The Morgan fingerprint density at radius 1 is 1.21 bits per heavy atom. The Morgan fingerprint density at radius 2 is 1.92 bits per heavy atom. The van der Waals surface area contributed by atoms with Crippen molar-refractivity contribution in [1.82, 2.24) is 19.8 Å². The molecule has 2 fully saturated rings. The molecule has 0 aromatic carbocycles. The van der Waals surface area contributed by atoms with Crippen LogP contribution in [0.25, 0.3) is 0 Å². The fourth-order valence-electron chi connectivity index (χ4n) is 3.54. The maximum absolute atomic E-state index is 12.8. The molecule has 3 heterocycles. The second-order valence-electron chi connectivity index (χ2n) is 7.95. The third-order valence-electron chi connectivity index (χ3n) is 5.67. The van der Waals surface area contributed by atoms with Crippen LogP contribution in [0.3, 0.4) is 0 Å². The third kappa shape index (κ3) is 2.88. The van der Waals surface area contributed by atoms with E-state index in [1.807, 2.05) is 11.8 Å². The summed E-state index contributed by atoms with van der Waals surface area (Å²) in [6, 6.07) is 0.535. The molecule has 132 valence electrons. The van der Waals surface area contributed by atoms with E-state index in [1.165, 1.54) is 0 Å². The van der Waals surface area contributed by atoms with Gasteiger partial charge in [0, 0.05) is 42.5 Å². The zero-order valence-corrected chi connectivity index (χ0v) is 15.8. The minimum Gasteiger partial charge on any atom is -0.355 e. The minimum atomic E-state index is -0.0803. The van der Waals surface area contributed by atoms with Crippen LogP contribution in [-0.2, 0) is 0 Å². The van der Waals surface area contributed by atoms with Crippen LogP contribution in [-0.4, -0.2) is 71.0 Å². The fourth-order valence-corrected chi connectivity index (χ4v) is 3.54. The number of amides is 1. The minimum absolute atomic E-state index is 0.0426. The molecule has 2 aliphatic rings. The predicted octanol–water partition coefficient (Wildman–Crippen LogP) is 1.86. The van der Waals surface area contributed by atoms with Crippen molar-refractivity contribution in [2.45, 2.75) is 52.1 Å². The lowest BCUT2D eigenvalue weighted by molar-refractivity contribution is 0.0146. The normalized spacial score (nSPS) is 22.9. The van der Waals surface area contributed by atoms with Crippen molar-refractivity contribution in [2.24, 2.45) is 0 Å². The zero-order chi connectivity index (χ0) is 17.6. The first kappa shape index (κ1) is 17.1. The van der Waals surface area contributed by atoms with Crippen LogP contribution in [0.4, 0.5) is 5.82 Å². The van der Waals surface area contributed by atoms with Crippen LogP contribution >= 0.6 is 0 Å². The van der Waals surface area contributed by atoms with Crippen molar-refractivity contribution in [3.05, 3.63) is 17.1 Å². The number of aromatic nitrogens is 2. The molecule has 0 aliphatic carbocycles. The van der Waals surface area contributed by atoms with Crippen LogP contribution in [0.5, 0.6) is 0 Å². The Hall–Kier alpha value is -1.69. The Balaban J connectivity index is 1.88. The number of carbonyl (C=O) groups is 1. The van der Waals surface area contributed by atoms with E-state index in [-0.39, 0.29) is 11.4 Å². The summed E-state index contributed by atoms with van der Waals surface area (Å²) in [4.78, 5) is 28.4. The molecule has 2 saturated heterocycles. The molecule has 1 aromatic rings. The molecule has 1 aromatic heterocycles. The van der Waals surface area contributed by atoms with Crippen molar-refractivity contribution >= 4 is 11.7 Å². The molecule has 0 unspecified atom stereocenters. The van der Waals surface area contributed by atoms with Gasteiger partial charge in [0.05, 0.1) is 0 Å². The van der Waals surface area contributed by atoms with Crippen molar-refractivity contribution in [1.29, 1.82) is 0 Å². The third-order valence-corrected chi connectivity index (χ3v) is 5.67. The lowest BCUT2D eigenvalue weighted by Crippen LogP contribution is -2.58. The standard InChI is InChI=1S/C18H29N5O/c1-12-13(2)19-15(17(24)23-10-8-18(23,3)4)20-16(12)22-9-7-14(11-22)21(5)6/h14H,7-11H2,1-6H3/t14-/m1/s1. The summed E-state index contributed by atoms with van der Waals surface area (Å²) in [7, 11) is 4.24. The molecule has 1 atom stereocenters. The summed E-state index contributed by atoms with van der Waals surface area (Å²) in [6.07, 6.45) is 2.16. The van der Waals surface area contributed by atoms with E-state index in [9.17, 15) is 4.79 Å². The van der Waals surface area contributed by atoms with Gasteiger partial charge in [0.15, 0.2) is 0 Å². The monoisotopic (exact) mass is 331 g/mol. The molecule has 6 heteroatoms. The van der Waals surface area contributed by atoms with E-state index >= 15 is 0 Å². The summed E-state index contributed by atoms with van der Waals surface area (Å²) in [6.45, 7) is 10.9. The fraction of sp³-hybridized carbons (Fsp3) is 0.722. The molecule has 0 N–H and O–H groups in total. The number of likely N-dealkylation sites (N-methyl/N-ethyl adjacent to an activating group) is 1. The molecule has 0 saturated carbocycles. The predicted molar refractivity (Wildman–Crippen MR) is 95.5 cm³/mol. The van der Waals surface area contributed by atoms with Gasteiger partial charge in [0.2, 0.25) is 5.82 Å². The van der Waals surface area contributed by atoms with Crippen molar-refractivity contribution in [2.75, 3.05) is 38.6 Å². The van der Waals surface area contributed by atoms with Crippen LogP contribution in [0, 0.1) is 13.8 Å². The first-order valence-electron chi connectivity index (χ1n) is 8.79. The van der Waals surface area contributed by atoms with Crippen LogP contribution in [0.1, 0.15) is 48.6 Å². The first-order valence-corrected chi connectivity index (χ1v) is 8.79. The number of rotatable bonds is 3. The smallest absolute Gasteiger partial charge is 0.292 e. The van der Waals surface area contributed by atoms with Gasteiger partial charge in [0.1, 0.15) is 5.82 Å². The molecule has 6 nitrogen and oxygen atoms in total. The lowest BCUT2D eigenvalue weighted by atomic mass is 9.89. The highest BCUT2D eigenvalue weighted by atomic mass is 16.2. The topological polar surface area (TPSA) is 52.6 Å². The average molecular weight is 331 g/mol. The molecule has 0 spiro atoms. The van der Waals surface area contributed by atoms with Crippen LogP contribution < -0.4 is 4.90 Å². The highest BCUT2D eigenvalue weighted by molar-refractivity contribution is 5.92. The Bertz CT molecular complexity index is 655. The number of carbonyl (C=O) groups excluding carboxylic acids is 1. The van der Waals surface area contributed by atoms with Gasteiger partial charge in [-0.25, -0.2) is 9.97 Å². The molecule has 24 heavy (non-hydrogen) atoms. The van der Waals surface area contributed by atoms with Gasteiger partial charge in [0.25, 0.3) is 5.91 Å². The quantitative estimate of drug-likeness (QED) is 0.846. The summed E-state index contributed by atoms with van der Waals surface area (Å²) in [5.41, 5.74) is 1.90. The molecule has 0 bridgehead atoms. The van der Waals surface area contributed by atoms with Crippen LogP contribution in [0.15, 0.2) is 0 Å². The second kappa shape index (κ2) is 5.99. The van der Waals surface area contributed by atoms with E-state index in [1.54, 1.807) is 0 Å². The number of aryl methyl sites for hydroxylation is 1. The van der Waals surface area contributed by atoms with Gasteiger partial charge in [-0.05, 0) is 54.6 Å². The highest BCUT2D eigenvalue weighted by Gasteiger charge is 2.41. The highest BCUT2D eigenvalue weighted by Crippen LogP contribution is 2.31. The molecular weight excluding hydrogens is 302 g/mol.